The SMILES string of the molecule is Cc1ccc(C(=O)NC(CO)CC(C)C)cn1. The van der Waals surface area contributed by atoms with Gasteiger partial charge in [0.05, 0.1) is 18.2 Å². The van der Waals surface area contributed by atoms with Gasteiger partial charge in [0.25, 0.3) is 5.91 Å². The van der Waals surface area contributed by atoms with Crippen molar-refractivity contribution in [1.29, 1.82) is 0 Å². The van der Waals surface area contributed by atoms with Gasteiger partial charge in [-0.2, -0.15) is 0 Å². The van der Waals surface area contributed by atoms with Crippen LogP contribution in [0.1, 0.15) is 36.3 Å². The van der Waals surface area contributed by atoms with Crippen molar-refractivity contribution in [2.45, 2.75) is 33.2 Å². The Morgan fingerprint density at radius 2 is 2.18 bits per heavy atom. The molecular weight excluding hydrogens is 216 g/mol. The van der Waals surface area contributed by atoms with Crippen molar-refractivity contribution in [1.82, 2.24) is 10.3 Å². The van der Waals surface area contributed by atoms with Gasteiger partial charge in [0, 0.05) is 11.9 Å². The molecule has 1 unspecified atom stereocenters. The van der Waals surface area contributed by atoms with E-state index in [1.165, 1.54) is 0 Å². The third-order valence-electron chi connectivity index (χ3n) is 2.49. The van der Waals surface area contributed by atoms with Crippen molar-refractivity contribution in [3.05, 3.63) is 29.6 Å². The fraction of sp³-hybridized carbons (Fsp3) is 0.538. The first-order valence-corrected chi connectivity index (χ1v) is 5.87. The topological polar surface area (TPSA) is 62.2 Å². The van der Waals surface area contributed by atoms with Crippen molar-refractivity contribution in [3.63, 3.8) is 0 Å². The maximum absolute atomic E-state index is 11.8. The third-order valence-corrected chi connectivity index (χ3v) is 2.49. The van der Waals surface area contributed by atoms with Gasteiger partial charge >= 0.3 is 0 Å². The molecule has 0 aliphatic rings. The van der Waals surface area contributed by atoms with Crippen LogP contribution in [0.25, 0.3) is 0 Å². The number of nitrogens with one attached hydrogen (secondary N) is 1. The highest BCUT2D eigenvalue weighted by Gasteiger charge is 2.14. The summed E-state index contributed by atoms with van der Waals surface area (Å²) in [6.45, 7) is 5.95. The summed E-state index contributed by atoms with van der Waals surface area (Å²) in [6, 6.07) is 3.34. The number of aliphatic hydroxyl groups excluding tert-OH is 1. The number of carbonyl (C=O) groups excluding carboxylic acids is 1. The normalized spacial score (nSPS) is 12.5. The Kier molecular flexibility index (Phi) is 5.10. The zero-order valence-electron chi connectivity index (χ0n) is 10.6. The molecule has 4 heteroatoms. The molecule has 94 valence electrons. The Morgan fingerprint density at radius 1 is 1.47 bits per heavy atom. The number of carbonyl (C=O) groups is 1. The number of aliphatic hydroxyl groups is 1. The van der Waals surface area contributed by atoms with Gasteiger partial charge in [-0.3, -0.25) is 9.78 Å². The van der Waals surface area contributed by atoms with Crippen LogP contribution in [-0.4, -0.2) is 28.6 Å². The van der Waals surface area contributed by atoms with E-state index in [0.717, 1.165) is 12.1 Å². The molecular formula is C13H20N2O2. The largest absolute Gasteiger partial charge is 0.394 e. The number of hydrogen-bond donors (Lipinski definition) is 2. The minimum atomic E-state index is -0.191. The lowest BCUT2D eigenvalue weighted by Crippen LogP contribution is -2.38. The van der Waals surface area contributed by atoms with Crippen LogP contribution in [0.4, 0.5) is 0 Å². The molecule has 0 aliphatic carbocycles. The minimum Gasteiger partial charge on any atom is -0.394 e. The number of nitrogens with zero attached hydrogens (tertiary/aromatic N) is 1. The van der Waals surface area contributed by atoms with E-state index in [2.05, 4.69) is 24.1 Å². The number of aromatic nitrogens is 1. The summed E-state index contributed by atoms with van der Waals surface area (Å²) in [5, 5.41) is 12.0. The molecule has 1 amide bonds. The molecule has 1 atom stereocenters. The third kappa shape index (κ3) is 4.53. The van der Waals surface area contributed by atoms with Crippen LogP contribution in [0.15, 0.2) is 18.3 Å². The quantitative estimate of drug-likeness (QED) is 0.815. The van der Waals surface area contributed by atoms with Crippen molar-refractivity contribution < 1.29 is 9.90 Å². The smallest absolute Gasteiger partial charge is 0.253 e. The van der Waals surface area contributed by atoms with Crippen LogP contribution < -0.4 is 5.32 Å². The molecule has 1 heterocycles. The fourth-order valence-corrected chi connectivity index (χ4v) is 1.62. The van der Waals surface area contributed by atoms with Crippen LogP contribution in [0.5, 0.6) is 0 Å². The molecule has 0 radical (unpaired) electrons. The molecule has 1 rings (SSSR count). The monoisotopic (exact) mass is 236 g/mol. The van der Waals surface area contributed by atoms with Gasteiger partial charge in [-0.15, -0.1) is 0 Å². The van der Waals surface area contributed by atoms with E-state index >= 15 is 0 Å². The van der Waals surface area contributed by atoms with E-state index in [0.29, 0.717) is 11.5 Å². The highest BCUT2D eigenvalue weighted by atomic mass is 16.3. The molecule has 0 aliphatic heterocycles. The Hall–Kier alpha value is -1.42. The van der Waals surface area contributed by atoms with Crippen molar-refractivity contribution in [3.8, 4) is 0 Å². The van der Waals surface area contributed by atoms with Crippen LogP contribution >= 0.6 is 0 Å². The predicted molar refractivity (Wildman–Crippen MR) is 66.8 cm³/mol. The lowest BCUT2D eigenvalue weighted by molar-refractivity contribution is 0.0908. The van der Waals surface area contributed by atoms with E-state index in [1.54, 1.807) is 18.3 Å². The molecule has 0 fully saturated rings. The lowest BCUT2D eigenvalue weighted by atomic mass is 10.0. The molecule has 1 aromatic rings. The molecule has 17 heavy (non-hydrogen) atoms. The highest BCUT2D eigenvalue weighted by molar-refractivity contribution is 5.94. The second-order valence-corrected chi connectivity index (χ2v) is 4.67. The van der Waals surface area contributed by atoms with Gasteiger partial charge in [-0.05, 0) is 31.4 Å². The Labute approximate surface area is 102 Å². The second-order valence-electron chi connectivity index (χ2n) is 4.67. The Balaban J connectivity index is 2.61. The molecule has 0 spiro atoms. The fourth-order valence-electron chi connectivity index (χ4n) is 1.62. The average molecular weight is 236 g/mol. The summed E-state index contributed by atoms with van der Waals surface area (Å²) in [5.74, 6) is 0.251. The number of pyridine rings is 1. The Bertz CT molecular complexity index is 360. The van der Waals surface area contributed by atoms with Gasteiger partial charge in [-0.25, -0.2) is 0 Å². The summed E-state index contributed by atoms with van der Waals surface area (Å²) in [6.07, 6.45) is 2.32. The van der Waals surface area contributed by atoms with E-state index in [1.807, 2.05) is 6.92 Å². The van der Waals surface area contributed by atoms with Crippen LogP contribution in [0, 0.1) is 12.8 Å². The average Bonchev–Trinajstić information content (AvgIpc) is 2.28. The molecule has 0 bridgehead atoms. The van der Waals surface area contributed by atoms with Gasteiger partial charge in [0.15, 0.2) is 0 Å². The summed E-state index contributed by atoms with van der Waals surface area (Å²) >= 11 is 0. The Morgan fingerprint density at radius 3 is 2.65 bits per heavy atom. The van der Waals surface area contributed by atoms with E-state index in [-0.39, 0.29) is 18.6 Å². The van der Waals surface area contributed by atoms with E-state index in [9.17, 15) is 9.90 Å². The first-order chi connectivity index (χ1) is 8.02. The highest BCUT2D eigenvalue weighted by Crippen LogP contribution is 2.06. The number of rotatable bonds is 5. The van der Waals surface area contributed by atoms with E-state index in [4.69, 9.17) is 0 Å². The molecule has 0 saturated carbocycles. The standard InChI is InChI=1S/C13H20N2O2/c1-9(2)6-12(8-16)15-13(17)11-5-4-10(3)14-7-11/h4-5,7,9,12,16H,6,8H2,1-3H3,(H,15,17). The van der Waals surface area contributed by atoms with Crippen molar-refractivity contribution >= 4 is 5.91 Å². The van der Waals surface area contributed by atoms with Gasteiger partial charge in [0.2, 0.25) is 0 Å². The summed E-state index contributed by atoms with van der Waals surface area (Å²) in [5.41, 5.74) is 1.40. The van der Waals surface area contributed by atoms with Crippen LogP contribution in [0.3, 0.4) is 0 Å². The molecule has 0 saturated heterocycles. The first kappa shape index (κ1) is 13.6. The maximum atomic E-state index is 11.8. The minimum absolute atomic E-state index is 0.0385. The predicted octanol–water partition coefficient (Wildman–Crippen LogP) is 1.53. The van der Waals surface area contributed by atoms with Crippen molar-refractivity contribution in [2.24, 2.45) is 5.92 Å². The summed E-state index contributed by atoms with van der Waals surface area (Å²) < 4.78 is 0. The zero-order valence-corrected chi connectivity index (χ0v) is 10.6. The van der Waals surface area contributed by atoms with Crippen LogP contribution in [0.2, 0.25) is 0 Å². The van der Waals surface area contributed by atoms with Crippen molar-refractivity contribution in [2.75, 3.05) is 6.61 Å². The molecule has 4 nitrogen and oxygen atoms in total. The molecule has 1 aromatic heterocycles. The zero-order chi connectivity index (χ0) is 12.8. The van der Waals surface area contributed by atoms with Gasteiger partial charge in [0.1, 0.15) is 0 Å². The molecule has 2 N–H and O–H groups in total. The number of aryl methyl sites for hydroxylation is 1. The van der Waals surface area contributed by atoms with Gasteiger partial charge in [-0.1, -0.05) is 13.8 Å². The van der Waals surface area contributed by atoms with Gasteiger partial charge < -0.3 is 10.4 Å². The molecule has 0 aromatic carbocycles. The van der Waals surface area contributed by atoms with Crippen LogP contribution in [-0.2, 0) is 0 Å². The number of hydrogen-bond acceptors (Lipinski definition) is 3. The van der Waals surface area contributed by atoms with E-state index < -0.39 is 0 Å². The lowest BCUT2D eigenvalue weighted by Gasteiger charge is -2.18. The maximum Gasteiger partial charge on any atom is 0.253 e. The number of amides is 1. The first-order valence-electron chi connectivity index (χ1n) is 5.87. The summed E-state index contributed by atoms with van der Waals surface area (Å²) in [4.78, 5) is 15.9. The second kappa shape index (κ2) is 6.35. The summed E-state index contributed by atoms with van der Waals surface area (Å²) in [7, 11) is 0.